The predicted octanol–water partition coefficient (Wildman–Crippen LogP) is 12.1. The summed E-state index contributed by atoms with van der Waals surface area (Å²) in [6.07, 6.45) is 45.9. The van der Waals surface area contributed by atoms with E-state index in [0.717, 1.165) is 64.2 Å². The molecule has 278 valence electrons. The normalized spacial score (nSPS) is 12.4. The lowest BCUT2D eigenvalue weighted by molar-refractivity contribution is -0.147. The molecule has 0 aliphatic heterocycles. The highest BCUT2D eigenvalue weighted by Gasteiger charge is 2.12. The monoisotopic (exact) mass is 674 g/mol. The van der Waals surface area contributed by atoms with Gasteiger partial charge in [-0.25, -0.2) is 0 Å². The average molecular weight is 674 g/mol. The van der Waals surface area contributed by atoms with Crippen LogP contribution in [0.2, 0.25) is 0 Å². The van der Waals surface area contributed by atoms with Gasteiger partial charge in [-0.15, -0.1) is 0 Å². The van der Waals surface area contributed by atoms with Crippen LogP contribution in [0.3, 0.4) is 0 Å². The number of carboxylic acid groups (broad SMARTS) is 1. The lowest BCUT2D eigenvalue weighted by Gasteiger charge is -2.14. The van der Waals surface area contributed by atoms with Crippen LogP contribution in [0, 0.1) is 0 Å². The Morgan fingerprint density at radius 3 is 1.62 bits per heavy atom. The van der Waals surface area contributed by atoms with E-state index in [9.17, 15) is 14.4 Å². The van der Waals surface area contributed by atoms with E-state index >= 15 is 0 Å². The number of aliphatic carboxylic acids is 1. The summed E-state index contributed by atoms with van der Waals surface area (Å²) in [6.45, 7) is 4.11. The van der Waals surface area contributed by atoms with Crippen LogP contribution in [0.4, 0.5) is 0 Å². The van der Waals surface area contributed by atoms with E-state index in [1.807, 2.05) is 6.08 Å². The summed E-state index contributed by atoms with van der Waals surface area (Å²) in [5.74, 6) is -1.36. The molecule has 1 unspecified atom stereocenters. The average Bonchev–Trinajstić information content (AvgIpc) is 3.07. The van der Waals surface area contributed by atoms with E-state index < -0.39 is 5.97 Å². The number of carbonyl (C=O) groups excluding carboxylic acids is 2. The number of ether oxygens (including phenoxy) is 1. The molecule has 6 nitrogen and oxygen atoms in total. The van der Waals surface area contributed by atoms with Crippen LogP contribution in [0.5, 0.6) is 0 Å². The molecule has 1 amide bonds. The molecule has 0 aliphatic carbocycles. The third kappa shape index (κ3) is 36.5. The van der Waals surface area contributed by atoms with Gasteiger partial charge in [-0.2, -0.15) is 0 Å². The summed E-state index contributed by atoms with van der Waals surface area (Å²) in [7, 11) is 0. The number of amides is 1. The van der Waals surface area contributed by atoms with Gasteiger partial charge < -0.3 is 15.2 Å². The van der Waals surface area contributed by atoms with Gasteiger partial charge in [0.2, 0.25) is 5.91 Å². The summed E-state index contributed by atoms with van der Waals surface area (Å²) in [5, 5.41) is 11.0. The second-order valence-corrected chi connectivity index (χ2v) is 13.5. The summed E-state index contributed by atoms with van der Waals surface area (Å²) in [6, 6.07) is 0. The number of nitrogens with one attached hydrogen (secondary N) is 1. The summed E-state index contributed by atoms with van der Waals surface area (Å²) < 4.78 is 5.85. The van der Waals surface area contributed by atoms with Crippen LogP contribution in [0.25, 0.3) is 0 Å². The molecule has 1 atom stereocenters. The zero-order valence-electron chi connectivity index (χ0n) is 31.3. The highest BCUT2D eigenvalue weighted by atomic mass is 16.5. The number of carboxylic acids is 1. The zero-order valence-corrected chi connectivity index (χ0v) is 31.3. The molecule has 0 fully saturated rings. The molecule has 0 aromatic carbocycles. The molecule has 6 heteroatoms. The van der Waals surface area contributed by atoms with Gasteiger partial charge in [-0.05, 0) is 70.3 Å². The number of carbonyl (C=O) groups is 3. The molecule has 0 aromatic rings. The fourth-order valence-electron chi connectivity index (χ4n) is 5.76. The van der Waals surface area contributed by atoms with E-state index in [0.29, 0.717) is 12.8 Å². The van der Waals surface area contributed by atoms with E-state index in [2.05, 4.69) is 49.5 Å². The van der Waals surface area contributed by atoms with Crippen molar-refractivity contribution in [2.75, 3.05) is 6.54 Å². The Hall–Kier alpha value is -2.37. The quantitative estimate of drug-likeness (QED) is 0.0392. The Morgan fingerprint density at radius 2 is 1.06 bits per heavy atom. The fraction of sp³-hybridized carbons (Fsp3) is 0.786. The molecule has 0 rings (SSSR count). The van der Waals surface area contributed by atoms with Crippen molar-refractivity contribution in [3.63, 3.8) is 0 Å². The first-order valence-electron chi connectivity index (χ1n) is 20.1. The van der Waals surface area contributed by atoms with Crippen molar-refractivity contribution in [1.29, 1.82) is 0 Å². The molecule has 0 aromatic heterocycles. The molecule has 0 radical (unpaired) electrons. The van der Waals surface area contributed by atoms with Crippen molar-refractivity contribution in [2.24, 2.45) is 0 Å². The number of allylic oxidation sites excluding steroid dienone is 5. The number of rotatable bonds is 36. The molecular formula is C42H75NO5. The van der Waals surface area contributed by atoms with E-state index in [4.69, 9.17) is 9.84 Å². The molecule has 2 N–H and O–H groups in total. The van der Waals surface area contributed by atoms with Crippen LogP contribution in [-0.2, 0) is 19.1 Å². The Morgan fingerprint density at radius 1 is 0.562 bits per heavy atom. The maximum Gasteiger partial charge on any atom is 0.322 e. The molecule has 0 saturated heterocycles. The molecule has 0 spiro atoms. The molecule has 0 heterocycles. The maximum absolute atomic E-state index is 12.6. The standard InChI is InChI=1S/C42H75NO5/c1-3-5-7-9-11-12-13-14-15-16-17-18-19-20-21-22-23-24-25-27-33-37-42(47)48-39(34-30-26-10-8-6-4-2)35-31-28-29-32-36-40(44)43-38-41(45)46/h8,10,16-17,30,34,39H,3-7,9,11-15,18-29,31-33,35-38H2,1-2H3,(H,43,44)(H,45,46)/b10-8-,17-16-,34-30-. The van der Waals surface area contributed by atoms with Gasteiger partial charge >= 0.3 is 11.9 Å². The van der Waals surface area contributed by atoms with Crippen molar-refractivity contribution < 1.29 is 24.2 Å². The Kier molecular flexibility index (Phi) is 35.6. The summed E-state index contributed by atoms with van der Waals surface area (Å²) in [4.78, 5) is 34.8. The smallest absolute Gasteiger partial charge is 0.322 e. The highest BCUT2D eigenvalue weighted by Crippen LogP contribution is 2.15. The minimum absolute atomic E-state index is 0.104. The summed E-state index contributed by atoms with van der Waals surface area (Å²) >= 11 is 0. The van der Waals surface area contributed by atoms with Crippen LogP contribution < -0.4 is 5.32 Å². The molecule has 48 heavy (non-hydrogen) atoms. The fourth-order valence-corrected chi connectivity index (χ4v) is 5.76. The van der Waals surface area contributed by atoms with Gasteiger partial charge in [-0.3, -0.25) is 14.4 Å². The lowest BCUT2D eigenvalue weighted by atomic mass is 10.0. The Bertz CT molecular complexity index is 834. The van der Waals surface area contributed by atoms with Gasteiger partial charge in [-0.1, -0.05) is 153 Å². The predicted molar refractivity (Wildman–Crippen MR) is 203 cm³/mol. The topological polar surface area (TPSA) is 92.7 Å². The van der Waals surface area contributed by atoms with E-state index in [1.165, 1.54) is 109 Å². The van der Waals surface area contributed by atoms with Gasteiger partial charge in [0.1, 0.15) is 12.6 Å². The van der Waals surface area contributed by atoms with Crippen molar-refractivity contribution >= 4 is 17.8 Å². The largest absolute Gasteiger partial charge is 0.480 e. The minimum atomic E-state index is -1.03. The molecule has 0 saturated carbocycles. The maximum atomic E-state index is 12.6. The van der Waals surface area contributed by atoms with E-state index in [-0.39, 0.29) is 24.5 Å². The third-order valence-electron chi connectivity index (χ3n) is 8.75. The minimum Gasteiger partial charge on any atom is -0.480 e. The van der Waals surface area contributed by atoms with Gasteiger partial charge in [0.25, 0.3) is 0 Å². The Balaban J connectivity index is 3.92. The molecular weight excluding hydrogens is 598 g/mol. The third-order valence-corrected chi connectivity index (χ3v) is 8.75. The second-order valence-electron chi connectivity index (χ2n) is 13.5. The molecule has 0 bridgehead atoms. The Labute approximate surface area is 296 Å². The first kappa shape index (κ1) is 45.6. The van der Waals surface area contributed by atoms with E-state index in [1.54, 1.807) is 0 Å². The van der Waals surface area contributed by atoms with Gasteiger partial charge in [0, 0.05) is 12.8 Å². The van der Waals surface area contributed by atoms with Crippen LogP contribution >= 0.6 is 0 Å². The van der Waals surface area contributed by atoms with Crippen molar-refractivity contribution in [1.82, 2.24) is 5.32 Å². The van der Waals surface area contributed by atoms with Crippen molar-refractivity contribution in [2.45, 2.75) is 206 Å². The second kappa shape index (κ2) is 37.4. The first-order chi connectivity index (χ1) is 23.5. The zero-order chi connectivity index (χ0) is 35.2. The SMILES string of the molecule is CCC/C=C\C/C=C\C(CCCCCCC(=O)NCC(=O)O)OC(=O)CCCCCCCCCCC/C=C\CCCCCCCCCC. The number of hydrogen-bond acceptors (Lipinski definition) is 4. The van der Waals surface area contributed by atoms with Crippen LogP contribution in [-0.4, -0.2) is 35.6 Å². The highest BCUT2D eigenvalue weighted by molar-refractivity contribution is 5.80. The van der Waals surface area contributed by atoms with Crippen molar-refractivity contribution in [3.05, 3.63) is 36.5 Å². The first-order valence-corrected chi connectivity index (χ1v) is 20.1. The van der Waals surface area contributed by atoms with Gasteiger partial charge in [0.05, 0.1) is 0 Å². The van der Waals surface area contributed by atoms with Crippen LogP contribution in [0.1, 0.15) is 200 Å². The van der Waals surface area contributed by atoms with Crippen molar-refractivity contribution in [3.8, 4) is 0 Å². The number of esters is 1. The number of hydrogen-bond donors (Lipinski definition) is 2. The van der Waals surface area contributed by atoms with Gasteiger partial charge in [0.15, 0.2) is 0 Å². The number of unbranched alkanes of at least 4 members (excludes halogenated alkanes) is 21. The van der Waals surface area contributed by atoms with Crippen LogP contribution in [0.15, 0.2) is 36.5 Å². The molecule has 0 aliphatic rings. The summed E-state index contributed by atoms with van der Waals surface area (Å²) in [5.41, 5.74) is 0. The lowest BCUT2D eigenvalue weighted by Crippen LogP contribution is -2.28.